The van der Waals surface area contributed by atoms with Crippen molar-refractivity contribution in [3.05, 3.63) is 107 Å². The number of hydrogen-bond acceptors (Lipinski definition) is 3. The van der Waals surface area contributed by atoms with Crippen molar-refractivity contribution in [2.24, 2.45) is 5.10 Å². The molecule has 0 unspecified atom stereocenters. The van der Waals surface area contributed by atoms with Crippen LogP contribution in [0.5, 0.6) is 0 Å². The van der Waals surface area contributed by atoms with Crippen molar-refractivity contribution in [3.63, 3.8) is 0 Å². The molecule has 0 N–H and O–H groups in total. The zero-order chi connectivity index (χ0) is 21.8. The summed E-state index contributed by atoms with van der Waals surface area (Å²) in [7, 11) is 0. The summed E-state index contributed by atoms with van der Waals surface area (Å²) in [5.41, 5.74) is 3.24. The molecule has 0 saturated heterocycles. The van der Waals surface area contributed by atoms with Crippen LogP contribution in [0.4, 0.5) is 18.9 Å². The lowest BCUT2D eigenvalue weighted by Gasteiger charge is -2.12. The SMILES string of the molecule is O=C(/C=C/c1ccc(C(F)(F)F)cc1)c1ccccc1/C=N/N1CCc2ccccc21. The monoisotopic (exact) mass is 420 g/mol. The minimum Gasteiger partial charge on any atom is -0.289 e. The molecule has 0 radical (unpaired) electrons. The first-order chi connectivity index (χ1) is 14.9. The van der Waals surface area contributed by atoms with Gasteiger partial charge in [-0.15, -0.1) is 0 Å². The molecule has 0 atom stereocenters. The minimum atomic E-state index is -4.38. The average molecular weight is 420 g/mol. The molecule has 0 spiro atoms. The second-order valence-electron chi connectivity index (χ2n) is 7.15. The molecule has 0 saturated carbocycles. The van der Waals surface area contributed by atoms with Crippen LogP contribution in [-0.2, 0) is 12.6 Å². The van der Waals surface area contributed by atoms with Crippen molar-refractivity contribution in [2.75, 3.05) is 11.6 Å². The second-order valence-corrected chi connectivity index (χ2v) is 7.15. The number of anilines is 1. The van der Waals surface area contributed by atoms with E-state index in [1.807, 2.05) is 35.3 Å². The minimum absolute atomic E-state index is 0.247. The summed E-state index contributed by atoms with van der Waals surface area (Å²) in [4.78, 5) is 12.7. The molecule has 4 rings (SSSR count). The molecule has 0 amide bonds. The van der Waals surface area contributed by atoms with Gasteiger partial charge in [0, 0.05) is 17.7 Å². The molecule has 0 aliphatic carbocycles. The largest absolute Gasteiger partial charge is 0.416 e. The Balaban J connectivity index is 1.50. The van der Waals surface area contributed by atoms with Crippen LogP contribution in [0.2, 0.25) is 0 Å². The van der Waals surface area contributed by atoms with Gasteiger partial charge in [-0.3, -0.25) is 9.80 Å². The molecule has 3 nitrogen and oxygen atoms in total. The van der Waals surface area contributed by atoms with E-state index in [9.17, 15) is 18.0 Å². The Labute approximate surface area is 178 Å². The maximum atomic E-state index is 12.7. The van der Waals surface area contributed by atoms with E-state index in [0.29, 0.717) is 16.7 Å². The van der Waals surface area contributed by atoms with Crippen LogP contribution in [0.25, 0.3) is 6.08 Å². The van der Waals surface area contributed by atoms with Gasteiger partial charge in [0.1, 0.15) is 0 Å². The molecular formula is C25H19F3N2O. The van der Waals surface area contributed by atoms with Crippen molar-refractivity contribution in [1.29, 1.82) is 0 Å². The third-order valence-corrected chi connectivity index (χ3v) is 5.09. The van der Waals surface area contributed by atoms with Gasteiger partial charge in [0.25, 0.3) is 0 Å². The molecule has 156 valence electrons. The van der Waals surface area contributed by atoms with Crippen LogP contribution in [0.1, 0.15) is 32.6 Å². The van der Waals surface area contributed by atoms with E-state index in [1.165, 1.54) is 29.8 Å². The van der Waals surface area contributed by atoms with Crippen molar-refractivity contribution < 1.29 is 18.0 Å². The molecule has 3 aromatic rings. The number of rotatable bonds is 5. The highest BCUT2D eigenvalue weighted by molar-refractivity contribution is 6.11. The zero-order valence-electron chi connectivity index (χ0n) is 16.5. The molecule has 1 aliphatic rings. The van der Waals surface area contributed by atoms with Gasteiger partial charge >= 0.3 is 6.18 Å². The number of carbonyl (C=O) groups is 1. The molecule has 1 aliphatic heterocycles. The number of carbonyl (C=O) groups excluding carboxylic acids is 1. The Hall–Kier alpha value is -3.67. The van der Waals surface area contributed by atoms with Crippen molar-refractivity contribution in [3.8, 4) is 0 Å². The first-order valence-corrected chi connectivity index (χ1v) is 9.80. The van der Waals surface area contributed by atoms with Crippen LogP contribution in [0, 0.1) is 0 Å². The summed E-state index contributed by atoms with van der Waals surface area (Å²) >= 11 is 0. The summed E-state index contributed by atoms with van der Waals surface area (Å²) < 4.78 is 38.0. The van der Waals surface area contributed by atoms with Gasteiger partial charge in [-0.1, -0.05) is 60.7 Å². The standard InChI is InChI=1S/C25H19F3N2O/c26-25(27,28)21-12-9-18(10-13-21)11-14-24(31)22-7-3-1-6-20(22)17-29-30-16-15-19-5-2-4-8-23(19)30/h1-14,17H,15-16H2/b14-11+,29-17+. The maximum absolute atomic E-state index is 12.7. The van der Waals surface area contributed by atoms with Gasteiger partial charge in [0.2, 0.25) is 0 Å². The Kier molecular flexibility index (Phi) is 5.71. The topological polar surface area (TPSA) is 32.7 Å². The molecular weight excluding hydrogens is 401 g/mol. The highest BCUT2D eigenvalue weighted by Crippen LogP contribution is 2.29. The molecule has 31 heavy (non-hydrogen) atoms. The van der Waals surface area contributed by atoms with Gasteiger partial charge in [-0.2, -0.15) is 18.3 Å². The third-order valence-electron chi connectivity index (χ3n) is 5.09. The predicted molar refractivity (Wildman–Crippen MR) is 116 cm³/mol. The summed E-state index contributed by atoms with van der Waals surface area (Å²) in [5.74, 6) is -0.247. The van der Waals surface area contributed by atoms with Crippen LogP contribution < -0.4 is 5.01 Å². The van der Waals surface area contributed by atoms with E-state index in [2.05, 4.69) is 11.2 Å². The van der Waals surface area contributed by atoms with E-state index < -0.39 is 11.7 Å². The fourth-order valence-corrected chi connectivity index (χ4v) is 3.45. The molecule has 6 heteroatoms. The number of halogens is 3. The van der Waals surface area contributed by atoms with Crippen LogP contribution in [-0.4, -0.2) is 18.5 Å². The normalized spacial score (nSPS) is 13.8. The average Bonchev–Trinajstić information content (AvgIpc) is 3.19. The Bertz CT molecular complexity index is 1150. The summed E-state index contributed by atoms with van der Waals surface area (Å²) in [6, 6.07) is 19.9. The molecule has 0 aromatic heterocycles. The quantitative estimate of drug-likeness (QED) is 0.288. The number of allylic oxidation sites excluding steroid dienone is 1. The van der Waals surface area contributed by atoms with E-state index in [4.69, 9.17) is 0 Å². The second kappa shape index (κ2) is 8.60. The lowest BCUT2D eigenvalue weighted by Crippen LogP contribution is -2.13. The lowest BCUT2D eigenvalue weighted by molar-refractivity contribution is -0.137. The molecule has 0 fully saturated rings. The number of alkyl halides is 3. The van der Waals surface area contributed by atoms with Gasteiger partial charge in [-0.05, 0) is 41.8 Å². The van der Waals surface area contributed by atoms with Gasteiger partial charge in [0.15, 0.2) is 5.78 Å². The number of benzene rings is 3. The van der Waals surface area contributed by atoms with E-state index in [-0.39, 0.29) is 5.78 Å². The third kappa shape index (κ3) is 4.74. The first-order valence-electron chi connectivity index (χ1n) is 9.80. The number of para-hydroxylation sites is 1. The van der Waals surface area contributed by atoms with Gasteiger partial charge in [0.05, 0.1) is 17.5 Å². The lowest BCUT2D eigenvalue weighted by atomic mass is 10.0. The Morgan fingerprint density at radius 3 is 2.42 bits per heavy atom. The van der Waals surface area contributed by atoms with E-state index in [0.717, 1.165) is 30.8 Å². The van der Waals surface area contributed by atoms with Crippen molar-refractivity contribution in [1.82, 2.24) is 0 Å². The fourth-order valence-electron chi connectivity index (χ4n) is 3.45. The highest BCUT2D eigenvalue weighted by Gasteiger charge is 2.29. The summed E-state index contributed by atoms with van der Waals surface area (Å²) in [6.45, 7) is 0.778. The van der Waals surface area contributed by atoms with E-state index in [1.54, 1.807) is 18.3 Å². The van der Waals surface area contributed by atoms with Gasteiger partial charge < -0.3 is 0 Å². The van der Waals surface area contributed by atoms with Crippen LogP contribution >= 0.6 is 0 Å². The highest BCUT2D eigenvalue weighted by atomic mass is 19.4. The summed E-state index contributed by atoms with van der Waals surface area (Å²) in [6.07, 6.45) is 1.07. The van der Waals surface area contributed by atoms with Gasteiger partial charge in [-0.25, -0.2) is 0 Å². The Morgan fingerprint density at radius 2 is 1.65 bits per heavy atom. The maximum Gasteiger partial charge on any atom is 0.416 e. The Morgan fingerprint density at radius 1 is 0.935 bits per heavy atom. The molecule has 1 heterocycles. The predicted octanol–water partition coefficient (Wildman–Crippen LogP) is 6.00. The smallest absolute Gasteiger partial charge is 0.289 e. The van der Waals surface area contributed by atoms with Crippen molar-refractivity contribution >= 4 is 23.8 Å². The number of nitrogens with zero attached hydrogens (tertiary/aromatic N) is 2. The number of fused-ring (bicyclic) bond motifs is 1. The number of ketones is 1. The fraction of sp³-hybridized carbons (Fsp3) is 0.120. The van der Waals surface area contributed by atoms with Crippen LogP contribution in [0.3, 0.4) is 0 Å². The number of hydrogen-bond donors (Lipinski definition) is 0. The van der Waals surface area contributed by atoms with Crippen LogP contribution in [0.15, 0.2) is 84.0 Å². The molecule has 3 aromatic carbocycles. The summed E-state index contributed by atoms with van der Waals surface area (Å²) in [5, 5.41) is 6.47. The molecule has 0 bridgehead atoms. The zero-order valence-corrected chi connectivity index (χ0v) is 16.5. The first kappa shape index (κ1) is 20.6. The number of hydrazone groups is 1. The van der Waals surface area contributed by atoms with E-state index >= 15 is 0 Å². The van der Waals surface area contributed by atoms with Crippen molar-refractivity contribution in [2.45, 2.75) is 12.6 Å².